The van der Waals surface area contributed by atoms with Gasteiger partial charge in [0.2, 0.25) is 10.0 Å². The summed E-state index contributed by atoms with van der Waals surface area (Å²) in [6.07, 6.45) is 3.36. The molecular formula is C13H25NO4S. The smallest absolute Gasteiger partial charge is 0.211 e. The molecule has 1 rings (SSSR count). The van der Waals surface area contributed by atoms with E-state index >= 15 is 0 Å². The fourth-order valence-corrected chi connectivity index (χ4v) is 3.11. The number of hydrogen-bond acceptors (Lipinski definition) is 4. The van der Waals surface area contributed by atoms with Crippen LogP contribution in [0, 0.1) is 5.92 Å². The molecule has 0 bridgehead atoms. The highest BCUT2D eigenvalue weighted by Gasteiger charge is 2.27. The Labute approximate surface area is 116 Å². The van der Waals surface area contributed by atoms with Crippen molar-refractivity contribution in [1.82, 2.24) is 4.31 Å². The Kier molecular flexibility index (Phi) is 5.53. The van der Waals surface area contributed by atoms with Crippen molar-refractivity contribution in [2.75, 3.05) is 26.0 Å². The van der Waals surface area contributed by atoms with Gasteiger partial charge in [-0.3, -0.25) is 4.79 Å². The highest BCUT2D eigenvalue weighted by molar-refractivity contribution is 7.88. The van der Waals surface area contributed by atoms with E-state index in [0.717, 1.165) is 12.8 Å². The van der Waals surface area contributed by atoms with Crippen LogP contribution < -0.4 is 0 Å². The molecule has 1 atom stereocenters. The van der Waals surface area contributed by atoms with Crippen LogP contribution in [0.4, 0.5) is 0 Å². The predicted octanol–water partition coefficient (Wildman–Crippen LogP) is 1.43. The van der Waals surface area contributed by atoms with Gasteiger partial charge in [-0.2, -0.15) is 0 Å². The Morgan fingerprint density at radius 2 is 2.00 bits per heavy atom. The third-order valence-corrected chi connectivity index (χ3v) is 4.40. The largest absolute Gasteiger partial charge is 0.368 e. The zero-order valence-electron chi connectivity index (χ0n) is 12.3. The normalized spacial score (nSPS) is 22.4. The summed E-state index contributed by atoms with van der Waals surface area (Å²) in [6, 6.07) is 0. The van der Waals surface area contributed by atoms with E-state index in [2.05, 4.69) is 0 Å². The van der Waals surface area contributed by atoms with Crippen molar-refractivity contribution in [3.63, 3.8) is 0 Å². The minimum Gasteiger partial charge on any atom is -0.368 e. The van der Waals surface area contributed by atoms with Crippen LogP contribution in [0.5, 0.6) is 0 Å². The molecule has 112 valence electrons. The molecule has 19 heavy (non-hydrogen) atoms. The Morgan fingerprint density at radius 3 is 2.53 bits per heavy atom. The highest BCUT2D eigenvalue weighted by atomic mass is 32.2. The average molecular weight is 291 g/mol. The first-order chi connectivity index (χ1) is 8.58. The van der Waals surface area contributed by atoms with Crippen LogP contribution in [-0.4, -0.2) is 50.1 Å². The van der Waals surface area contributed by atoms with E-state index in [1.807, 2.05) is 20.8 Å². The Hall–Kier alpha value is -0.460. The van der Waals surface area contributed by atoms with Gasteiger partial charge < -0.3 is 4.74 Å². The lowest BCUT2D eigenvalue weighted by Crippen LogP contribution is -2.40. The zero-order chi connectivity index (χ0) is 14.7. The molecular weight excluding hydrogens is 266 g/mol. The maximum Gasteiger partial charge on any atom is 0.211 e. The van der Waals surface area contributed by atoms with Crippen LogP contribution in [0.15, 0.2) is 0 Å². The average Bonchev–Trinajstić information content (AvgIpc) is 2.25. The van der Waals surface area contributed by atoms with Gasteiger partial charge >= 0.3 is 0 Å². The van der Waals surface area contributed by atoms with Gasteiger partial charge in [-0.05, 0) is 39.5 Å². The van der Waals surface area contributed by atoms with Gasteiger partial charge in [0.05, 0.1) is 11.9 Å². The lowest BCUT2D eigenvalue weighted by molar-refractivity contribution is -0.129. The second kappa shape index (κ2) is 6.33. The molecule has 1 fully saturated rings. The molecule has 6 heteroatoms. The van der Waals surface area contributed by atoms with Crippen LogP contribution in [0.25, 0.3) is 0 Å². The Balaban J connectivity index is 2.42. The molecule has 1 saturated heterocycles. The maximum atomic E-state index is 11.8. The number of ketones is 1. The first kappa shape index (κ1) is 16.6. The number of piperidine rings is 1. The van der Waals surface area contributed by atoms with Crippen molar-refractivity contribution in [3.8, 4) is 0 Å². The molecule has 0 aliphatic carbocycles. The molecule has 0 saturated carbocycles. The molecule has 0 aromatic heterocycles. The number of Topliss-reactive ketones (excluding diaryl/α,β-unsaturated/α-hetero) is 1. The van der Waals surface area contributed by atoms with E-state index in [1.54, 1.807) is 0 Å². The molecule has 1 heterocycles. The lowest BCUT2D eigenvalue weighted by atomic mass is 9.94. The summed E-state index contributed by atoms with van der Waals surface area (Å²) in [7, 11) is -3.14. The van der Waals surface area contributed by atoms with E-state index in [1.165, 1.54) is 10.6 Å². The van der Waals surface area contributed by atoms with Crippen LogP contribution in [0.1, 0.15) is 40.0 Å². The topological polar surface area (TPSA) is 63.7 Å². The van der Waals surface area contributed by atoms with Crippen LogP contribution >= 0.6 is 0 Å². The minimum absolute atomic E-state index is 0.0512. The van der Waals surface area contributed by atoms with E-state index in [0.29, 0.717) is 19.5 Å². The fourth-order valence-electron chi connectivity index (χ4n) is 2.17. The number of rotatable bonds is 5. The highest BCUT2D eigenvalue weighted by Crippen LogP contribution is 2.22. The number of ether oxygens (including phenoxy) is 1. The summed E-state index contributed by atoms with van der Waals surface area (Å²) in [5, 5.41) is 0. The van der Waals surface area contributed by atoms with Crippen molar-refractivity contribution in [1.29, 1.82) is 0 Å². The number of nitrogens with zero attached hydrogens (tertiary/aromatic N) is 1. The van der Waals surface area contributed by atoms with Gasteiger partial charge in [-0.1, -0.05) is 0 Å². The zero-order valence-corrected chi connectivity index (χ0v) is 13.1. The summed E-state index contributed by atoms with van der Waals surface area (Å²) < 4.78 is 29.9. The molecule has 0 aromatic carbocycles. The van der Waals surface area contributed by atoms with E-state index in [-0.39, 0.29) is 23.9 Å². The second-order valence-electron chi connectivity index (χ2n) is 6.27. The first-order valence-electron chi connectivity index (χ1n) is 6.69. The summed E-state index contributed by atoms with van der Waals surface area (Å²) in [6.45, 7) is 6.87. The van der Waals surface area contributed by atoms with Gasteiger partial charge in [0.15, 0.2) is 5.78 Å². The van der Waals surface area contributed by atoms with E-state index in [4.69, 9.17) is 4.74 Å². The first-order valence-corrected chi connectivity index (χ1v) is 8.53. The third kappa shape index (κ3) is 6.49. The summed E-state index contributed by atoms with van der Waals surface area (Å²) >= 11 is 0. The monoisotopic (exact) mass is 291 g/mol. The van der Waals surface area contributed by atoms with Gasteiger partial charge in [-0.15, -0.1) is 0 Å². The van der Waals surface area contributed by atoms with Gasteiger partial charge in [0.1, 0.15) is 6.61 Å². The second-order valence-corrected chi connectivity index (χ2v) is 8.26. The Morgan fingerprint density at radius 1 is 1.37 bits per heavy atom. The quantitative estimate of drug-likeness (QED) is 0.769. The van der Waals surface area contributed by atoms with Gasteiger partial charge in [0, 0.05) is 19.5 Å². The van der Waals surface area contributed by atoms with Crippen molar-refractivity contribution >= 4 is 15.8 Å². The van der Waals surface area contributed by atoms with Crippen molar-refractivity contribution < 1.29 is 17.9 Å². The molecule has 1 aliphatic heterocycles. The summed E-state index contributed by atoms with van der Waals surface area (Å²) in [5.74, 6) is 0.176. The van der Waals surface area contributed by atoms with E-state index in [9.17, 15) is 13.2 Å². The third-order valence-electron chi connectivity index (χ3n) is 3.13. The molecule has 0 radical (unpaired) electrons. The Bertz CT molecular complexity index is 411. The maximum absolute atomic E-state index is 11.8. The van der Waals surface area contributed by atoms with Crippen LogP contribution in [0.3, 0.4) is 0 Å². The fraction of sp³-hybridized carbons (Fsp3) is 0.923. The van der Waals surface area contributed by atoms with Crippen molar-refractivity contribution in [3.05, 3.63) is 0 Å². The molecule has 5 nitrogen and oxygen atoms in total. The van der Waals surface area contributed by atoms with Crippen LogP contribution in [0.2, 0.25) is 0 Å². The minimum atomic E-state index is -3.14. The van der Waals surface area contributed by atoms with Crippen LogP contribution in [-0.2, 0) is 19.6 Å². The number of hydrogen-bond donors (Lipinski definition) is 0. The standard InChI is InChI=1S/C13H25NO4S/c1-13(2,3)18-10-12(15)8-11-6-5-7-14(9-11)19(4,16)17/h11H,5-10H2,1-4H3. The van der Waals surface area contributed by atoms with Gasteiger partial charge in [-0.25, -0.2) is 12.7 Å². The number of carbonyl (C=O) groups excluding carboxylic acids is 1. The SMILES string of the molecule is CC(C)(C)OCC(=O)CC1CCCN(S(C)(=O)=O)C1. The predicted molar refractivity (Wildman–Crippen MR) is 74.5 cm³/mol. The molecule has 0 amide bonds. The summed E-state index contributed by atoms with van der Waals surface area (Å²) in [4.78, 5) is 11.8. The number of carbonyl (C=O) groups is 1. The molecule has 1 aliphatic rings. The number of sulfonamides is 1. The summed E-state index contributed by atoms with van der Waals surface area (Å²) in [5.41, 5.74) is -0.318. The van der Waals surface area contributed by atoms with Crippen molar-refractivity contribution in [2.45, 2.75) is 45.6 Å². The van der Waals surface area contributed by atoms with Gasteiger partial charge in [0.25, 0.3) is 0 Å². The molecule has 0 N–H and O–H groups in total. The van der Waals surface area contributed by atoms with Crippen molar-refractivity contribution in [2.24, 2.45) is 5.92 Å². The van der Waals surface area contributed by atoms with E-state index < -0.39 is 10.0 Å². The molecule has 0 aromatic rings. The molecule has 0 spiro atoms. The molecule has 1 unspecified atom stereocenters. The lowest BCUT2D eigenvalue weighted by Gasteiger charge is -2.30.